The molecule has 0 atom stereocenters. The zero-order valence-corrected chi connectivity index (χ0v) is 16.9. The summed E-state index contributed by atoms with van der Waals surface area (Å²) < 4.78 is 6.17. The van der Waals surface area contributed by atoms with E-state index in [1.165, 1.54) is 5.56 Å². The van der Waals surface area contributed by atoms with Crippen LogP contribution in [0.4, 0.5) is 0 Å². The molecule has 0 radical (unpaired) electrons. The number of H-pyrrole nitrogens is 1. The van der Waals surface area contributed by atoms with Crippen LogP contribution in [0.1, 0.15) is 31.2 Å². The van der Waals surface area contributed by atoms with Gasteiger partial charge in [-0.3, -0.25) is 4.79 Å². The first-order valence-corrected chi connectivity index (χ1v) is 10.3. The van der Waals surface area contributed by atoms with E-state index in [0.717, 1.165) is 42.6 Å². The maximum Gasteiger partial charge on any atom is 0.255 e. The Morgan fingerprint density at radius 2 is 1.79 bits per heavy atom. The number of pyridine rings is 1. The summed E-state index contributed by atoms with van der Waals surface area (Å²) in [7, 11) is 0. The summed E-state index contributed by atoms with van der Waals surface area (Å²) in [5, 5.41) is 6.28. The van der Waals surface area contributed by atoms with Crippen molar-refractivity contribution < 1.29 is 4.74 Å². The molecule has 1 heterocycles. The molecule has 1 fully saturated rings. The molecule has 1 aliphatic rings. The largest absolute Gasteiger partial charge is 0.489 e. The van der Waals surface area contributed by atoms with E-state index in [1.807, 2.05) is 24.3 Å². The van der Waals surface area contributed by atoms with Crippen LogP contribution in [0, 0.1) is 0 Å². The number of rotatable bonds is 5. The highest BCUT2D eigenvalue weighted by Crippen LogP contribution is 2.32. The first-order valence-electron chi connectivity index (χ1n) is 9.54. The molecule has 1 aromatic heterocycles. The first kappa shape index (κ1) is 19.3. The Morgan fingerprint density at radius 1 is 1.04 bits per heavy atom. The summed E-state index contributed by atoms with van der Waals surface area (Å²) in [5.41, 5.74) is 1.10. The van der Waals surface area contributed by atoms with Crippen molar-refractivity contribution in [3.05, 3.63) is 74.6 Å². The Kier molecular flexibility index (Phi) is 5.90. The number of hydrogen-bond donors (Lipinski definition) is 2. The van der Waals surface area contributed by atoms with Crippen molar-refractivity contribution in [3.63, 3.8) is 0 Å². The Bertz CT molecular complexity index is 1010. The molecule has 28 heavy (non-hydrogen) atoms. The van der Waals surface area contributed by atoms with Crippen LogP contribution in [0.5, 0.6) is 5.75 Å². The van der Waals surface area contributed by atoms with Crippen molar-refractivity contribution in [2.75, 3.05) is 0 Å². The second-order valence-electron chi connectivity index (χ2n) is 7.28. The Labute approximate surface area is 173 Å². The smallest absolute Gasteiger partial charge is 0.255 e. The van der Waals surface area contributed by atoms with Gasteiger partial charge in [-0.05, 0) is 67.0 Å². The van der Waals surface area contributed by atoms with Gasteiger partial charge in [0.25, 0.3) is 5.56 Å². The lowest BCUT2D eigenvalue weighted by atomic mass is 9.92. The lowest BCUT2D eigenvalue weighted by Gasteiger charge is -2.30. The van der Waals surface area contributed by atoms with Crippen LogP contribution in [-0.4, -0.2) is 17.1 Å². The molecule has 0 saturated heterocycles. The molecule has 3 aromatic rings. The predicted molar refractivity (Wildman–Crippen MR) is 115 cm³/mol. The standard InChI is InChI=1S/C22H22Cl2N2O2/c23-16-3-1-14(2-4-16)13-26-17-5-7-18(8-6-17)28-21-11-15-9-10-25-22(27)19(15)12-20(21)24/h1-4,9-12,17-18,26H,5-8,13H2,(H,25,27)/t17-,18+. The van der Waals surface area contributed by atoms with Crippen molar-refractivity contribution in [1.29, 1.82) is 0 Å². The molecule has 4 rings (SSSR count). The highest BCUT2D eigenvalue weighted by atomic mass is 35.5. The third-order valence-electron chi connectivity index (χ3n) is 5.30. The third-order valence-corrected chi connectivity index (χ3v) is 5.85. The van der Waals surface area contributed by atoms with Gasteiger partial charge in [-0.15, -0.1) is 0 Å². The minimum absolute atomic E-state index is 0.141. The van der Waals surface area contributed by atoms with Crippen LogP contribution < -0.4 is 15.6 Å². The zero-order chi connectivity index (χ0) is 19.5. The molecule has 0 amide bonds. The van der Waals surface area contributed by atoms with E-state index < -0.39 is 0 Å². The van der Waals surface area contributed by atoms with Gasteiger partial charge in [0.1, 0.15) is 5.75 Å². The number of halogens is 2. The second-order valence-corrected chi connectivity index (χ2v) is 8.12. The van der Waals surface area contributed by atoms with Crippen molar-refractivity contribution >= 4 is 34.0 Å². The van der Waals surface area contributed by atoms with Crippen LogP contribution in [-0.2, 0) is 6.54 Å². The van der Waals surface area contributed by atoms with E-state index in [-0.39, 0.29) is 11.7 Å². The maximum absolute atomic E-state index is 11.9. The Balaban J connectivity index is 1.33. The fourth-order valence-electron chi connectivity index (χ4n) is 3.71. The molecule has 2 aromatic carbocycles. The number of benzene rings is 2. The second kappa shape index (κ2) is 8.56. The minimum atomic E-state index is -0.141. The highest BCUT2D eigenvalue weighted by Gasteiger charge is 2.23. The normalized spacial score (nSPS) is 19.6. The fourth-order valence-corrected chi connectivity index (χ4v) is 4.04. The summed E-state index contributed by atoms with van der Waals surface area (Å²) in [5.74, 6) is 0.650. The summed E-state index contributed by atoms with van der Waals surface area (Å²) >= 11 is 12.3. The lowest BCUT2D eigenvalue weighted by molar-refractivity contribution is 0.139. The third kappa shape index (κ3) is 4.52. The van der Waals surface area contributed by atoms with Crippen molar-refractivity contribution in [2.45, 2.75) is 44.4 Å². The van der Waals surface area contributed by atoms with Gasteiger partial charge >= 0.3 is 0 Å². The molecule has 1 aliphatic carbocycles. The number of fused-ring (bicyclic) bond motifs is 1. The van der Waals surface area contributed by atoms with E-state index >= 15 is 0 Å². The predicted octanol–water partition coefficient (Wildman–Crippen LogP) is 5.31. The summed E-state index contributed by atoms with van der Waals surface area (Å²) in [4.78, 5) is 14.5. The molecule has 4 nitrogen and oxygen atoms in total. The Hall–Kier alpha value is -2.01. The molecule has 0 unspecified atom stereocenters. The minimum Gasteiger partial charge on any atom is -0.489 e. The molecular weight excluding hydrogens is 395 g/mol. The first-order chi connectivity index (χ1) is 13.6. The van der Waals surface area contributed by atoms with Gasteiger partial charge in [0.2, 0.25) is 0 Å². The average molecular weight is 417 g/mol. The molecule has 6 heteroatoms. The van der Waals surface area contributed by atoms with E-state index in [4.69, 9.17) is 27.9 Å². The lowest BCUT2D eigenvalue weighted by Crippen LogP contribution is -2.36. The SMILES string of the molecule is O=c1[nH]ccc2cc(O[C@H]3CC[C@@H](NCc4ccc(Cl)cc4)CC3)c(Cl)cc12. The molecule has 1 saturated carbocycles. The van der Waals surface area contributed by atoms with Gasteiger partial charge in [-0.1, -0.05) is 35.3 Å². The highest BCUT2D eigenvalue weighted by molar-refractivity contribution is 6.32. The topological polar surface area (TPSA) is 54.1 Å². The number of aromatic amines is 1. The molecule has 0 aliphatic heterocycles. The van der Waals surface area contributed by atoms with Gasteiger partial charge in [0, 0.05) is 29.2 Å². The number of aromatic nitrogens is 1. The van der Waals surface area contributed by atoms with Gasteiger partial charge < -0.3 is 15.0 Å². The molecule has 2 N–H and O–H groups in total. The summed E-state index contributed by atoms with van der Waals surface area (Å²) in [6.07, 6.45) is 5.85. The van der Waals surface area contributed by atoms with Gasteiger partial charge in [-0.25, -0.2) is 0 Å². The van der Waals surface area contributed by atoms with Crippen LogP contribution in [0.2, 0.25) is 10.0 Å². The van der Waals surface area contributed by atoms with Crippen molar-refractivity contribution in [2.24, 2.45) is 0 Å². The monoisotopic (exact) mass is 416 g/mol. The van der Waals surface area contributed by atoms with Gasteiger partial charge in [0.15, 0.2) is 0 Å². The number of hydrogen-bond acceptors (Lipinski definition) is 3. The van der Waals surface area contributed by atoms with Gasteiger partial charge in [-0.2, -0.15) is 0 Å². The van der Waals surface area contributed by atoms with E-state index in [0.29, 0.717) is 22.2 Å². The van der Waals surface area contributed by atoms with Crippen LogP contribution in [0.3, 0.4) is 0 Å². The van der Waals surface area contributed by atoms with E-state index in [9.17, 15) is 4.79 Å². The molecule has 146 valence electrons. The van der Waals surface area contributed by atoms with E-state index in [1.54, 1.807) is 12.3 Å². The Morgan fingerprint density at radius 3 is 2.54 bits per heavy atom. The maximum atomic E-state index is 11.9. The molecule has 0 spiro atoms. The number of ether oxygens (including phenoxy) is 1. The van der Waals surface area contributed by atoms with Crippen LogP contribution in [0.25, 0.3) is 10.8 Å². The van der Waals surface area contributed by atoms with Gasteiger partial charge in [0.05, 0.1) is 11.1 Å². The quantitative estimate of drug-likeness (QED) is 0.591. The summed E-state index contributed by atoms with van der Waals surface area (Å²) in [6.45, 7) is 0.846. The van der Waals surface area contributed by atoms with Crippen LogP contribution in [0.15, 0.2) is 53.5 Å². The zero-order valence-electron chi connectivity index (χ0n) is 15.4. The average Bonchev–Trinajstić information content (AvgIpc) is 2.70. The summed E-state index contributed by atoms with van der Waals surface area (Å²) in [6, 6.07) is 13.8. The molecular formula is C22H22Cl2N2O2. The van der Waals surface area contributed by atoms with E-state index in [2.05, 4.69) is 22.4 Å². The van der Waals surface area contributed by atoms with Crippen LogP contribution >= 0.6 is 23.2 Å². The molecule has 0 bridgehead atoms. The van der Waals surface area contributed by atoms with Crippen molar-refractivity contribution in [3.8, 4) is 5.75 Å². The number of nitrogens with one attached hydrogen (secondary N) is 2. The van der Waals surface area contributed by atoms with Crippen molar-refractivity contribution in [1.82, 2.24) is 10.3 Å². The fraction of sp³-hybridized carbons (Fsp3) is 0.318.